The number of pyridine rings is 1. The van der Waals surface area contributed by atoms with Gasteiger partial charge < -0.3 is 10.2 Å². The third-order valence-electron chi connectivity index (χ3n) is 5.42. The maximum Gasteiger partial charge on any atom is 0.253 e. The molecule has 1 saturated carbocycles. The van der Waals surface area contributed by atoms with E-state index in [1.807, 2.05) is 47.4 Å². The number of likely N-dealkylation sites (tertiary alicyclic amines) is 1. The molecule has 2 amide bonds. The van der Waals surface area contributed by atoms with Crippen LogP contribution in [-0.2, 0) is 11.3 Å². The minimum Gasteiger partial charge on any atom is -0.352 e. The van der Waals surface area contributed by atoms with Crippen LogP contribution < -0.4 is 5.32 Å². The fourth-order valence-electron chi connectivity index (χ4n) is 3.81. The van der Waals surface area contributed by atoms with E-state index in [4.69, 9.17) is 0 Å². The summed E-state index contributed by atoms with van der Waals surface area (Å²) < 4.78 is 0. The molecule has 0 radical (unpaired) electrons. The van der Waals surface area contributed by atoms with E-state index in [-0.39, 0.29) is 23.1 Å². The maximum atomic E-state index is 12.6. The minimum atomic E-state index is -0.00718. The molecule has 2 aromatic rings. The first-order chi connectivity index (χ1) is 12.2. The molecule has 1 aromatic heterocycles. The summed E-state index contributed by atoms with van der Waals surface area (Å²) in [6.07, 6.45) is 5.25. The lowest BCUT2D eigenvalue weighted by molar-refractivity contribution is -0.123. The number of nitrogens with zero attached hydrogens (tertiary/aromatic N) is 2. The molecule has 1 aliphatic heterocycles. The zero-order chi connectivity index (χ0) is 17.3. The molecule has 2 atom stereocenters. The first kappa shape index (κ1) is 15.8. The quantitative estimate of drug-likeness (QED) is 0.932. The number of benzene rings is 1. The van der Waals surface area contributed by atoms with Crippen LogP contribution in [-0.4, -0.2) is 34.8 Å². The van der Waals surface area contributed by atoms with E-state index in [2.05, 4.69) is 10.3 Å². The lowest BCUT2D eigenvalue weighted by atomic mass is 10.0. The fourth-order valence-corrected chi connectivity index (χ4v) is 3.81. The average molecular weight is 335 g/mol. The van der Waals surface area contributed by atoms with E-state index < -0.39 is 0 Å². The Morgan fingerprint density at radius 1 is 1.16 bits per heavy atom. The first-order valence-corrected chi connectivity index (χ1v) is 8.69. The number of nitrogens with one attached hydrogen (secondary N) is 1. The summed E-state index contributed by atoms with van der Waals surface area (Å²) in [6.45, 7) is 1.95. The smallest absolute Gasteiger partial charge is 0.253 e. The molecular formula is C20H21N3O2. The van der Waals surface area contributed by atoms with Gasteiger partial charge in [-0.3, -0.25) is 14.6 Å². The molecule has 2 aliphatic rings. The molecule has 25 heavy (non-hydrogen) atoms. The number of hydrogen-bond donors (Lipinski definition) is 1. The van der Waals surface area contributed by atoms with Crippen molar-refractivity contribution in [3.8, 4) is 0 Å². The number of aromatic nitrogens is 1. The highest BCUT2D eigenvalue weighted by atomic mass is 16.2. The van der Waals surface area contributed by atoms with E-state index in [9.17, 15) is 9.59 Å². The van der Waals surface area contributed by atoms with Crippen molar-refractivity contribution in [1.29, 1.82) is 0 Å². The van der Waals surface area contributed by atoms with Crippen LogP contribution in [0.4, 0.5) is 0 Å². The topological polar surface area (TPSA) is 62.3 Å². The normalized spacial score (nSPS) is 24.3. The number of rotatable bonds is 4. The molecule has 128 valence electrons. The summed E-state index contributed by atoms with van der Waals surface area (Å²) >= 11 is 0. The van der Waals surface area contributed by atoms with Gasteiger partial charge in [0.1, 0.15) is 0 Å². The first-order valence-electron chi connectivity index (χ1n) is 8.69. The summed E-state index contributed by atoms with van der Waals surface area (Å²) in [4.78, 5) is 30.9. The summed E-state index contributed by atoms with van der Waals surface area (Å²) in [5, 5.41) is 3.02. The third kappa shape index (κ3) is 3.14. The van der Waals surface area contributed by atoms with E-state index >= 15 is 0 Å². The second-order valence-electron chi connectivity index (χ2n) is 7.04. The Hall–Kier alpha value is -2.69. The molecule has 1 N–H and O–H groups in total. The Kier molecular flexibility index (Phi) is 3.99. The van der Waals surface area contributed by atoms with Crippen molar-refractivity contribution in [3.05, 3.63) is 66.0 Å². The van der Waals surface area contributed by atoms with E-state index in [1.54, 1.807) is 12.4 Å². The summed E-state index contributed by atoms with van der Waals surface area (Å²) in [5.41, 5.74) is 1.76. The van der Waals surface area contributed by atoms with E-state index in [0.29, 0.717) is 13.1 Å². The molecule has 5 nitrogen and oxygen atoms in total. The van der Waals surface area contributed by atoms with Gasteiger partial charge in [-0.05, 0) is 42.7 Å². The van der Waals surface area contributed by atoms with Crippen molar-refractivity contribution in [1.82, 2.24) is 15.2 Å². The van der Waals surface area contributed by atoms with Gasteiger partial charge >= 0.3 is 0 Å². The average Bonchev–Trinajstić information content (AvgIpc) is 3.21. The van der Waals surface area contributed by atoms with Gasteiger partial charge in [0.2, 0.25) is 5.91 Å². The van der Waals surface area contributed by atoms with Crippen LogP contribution in [0.15, 0.2) is 54.9 Å². The van der Waals surface area contributed by atoms with Crippen molar-refractivity contribution < 1.29 is 9.59 Å². The molecule has 1 aromatic carbocycles. The molecule has 5 heteroatoms. The van der Waals surface area contributed by atoms with Gasteiger partial charge in [-0.2, -0.15) is 0 Å². The lowest BCUT2D eigenvalue weighted by Gasteiger charge is -2.16. The Labute approximate surface area is 147 Å². The molecule has 0 bridgehead atoms. The Balaban J connectivity index is 1.33. The Morgan fingerprint density at radius 3 is 2.68 bits per heavy atom. The predicted molar refractivity (Wildman–Crippen MR) is 93.6 cm³/mol. The van der Waals surface area contributed by atoms with Crippen LogP contribution in [0, 0.1) is 11.3 Å². The van der Waals surface area contributed by atoms with Gasteiger partial charge in [0.25, 0.3) is 5.91 Å². The van der Waals surface area contributed by atoms with E-state index in [0.717, 1.165) is 30.5 Å². The third-order valence-corrected chi connectivity index (χ3v) is 5.42. The van der Waals surface area contributed by atoms with Gasteiger partial charge in [-0.1, -0.05) is 18.2 Å². The van der Waals surface area contributed by atoms with Crippen molar-refractivity contribution in [3.63, 3.8) is 0 Å². The highest BCUT2D eigenvalue weighted by molar-refractivity contribution is 5.94. The van der Waals surface area contributed by atoms with Gasteiger partial charge in [0.05, 0.1) is 0 Å². The maximum absolute atomic E-state index is 12.6. The minimum absolute atomic E-state index is 0.00718. The van der Waals surface area contributed by atoms with Crippen molar-refractivity contribution >= 4 is 11.8 Å². The molecule has 2 heterocycles. The van der Waals surface area contributed by atoms with Crippen LogP contribution in [0.3, 0.4) is 0 Å². The highest BCUT2D eigenvalue weighted by Gasteiger charge is 2.61. The fraction of sp³-hybridized carbons (Fsp3) is 0.350. The molecule has 1 spiro atoms. The van der Waals surface area contributed by atoms with E-state index in [1.165, 1.54) is 0 Å². The SMILES string of the molecule is O=C(NCc1ccncc1)[C@@H]1C[C@]12CCN(C(=O)c1ccccc1)C2. The van der Waals surface area contributed by atoms with Crippen LogP contribution >= 0.6 is 0 Å². The van der Waals surface area contributed by atoms with Crippen molar-refractivity contribution in [2.75, 3.05) is 13.1 Å². The molecule has 2 fully saturated rings. The molecule has 4 rings (SSSR count). The number of carbonyl (C=O) groups is 2. The van der Waals surface area contributed by atoms with Crippen LogP contribution in [0.5, 0.6) is 0 Å². The van der Waals surface area contributed by atoms with Gasteiger partial charge in [-0.25, -0.2) is 0 Å². The van der Waals surface area contributed by atoms with Crippen molar-refractivity contribution in [2.45, 2.75) is 19.4 Å². The summed E-state index contributed by atoms with van der Waals surface area (Å²) in [6, 6.07) is 13.2. The largest absolute Gasteiger partial charge is 0.352 e. The van der Waals surface area contributed by atoms with Gasteiger partial charge in [-0.15, -0.1) is 0 Å². The summed E-state index contributed by atoms with van der Waals surface area (Å²) in [5.74, 6) is 0.203. The predicted octanol–water partition coefficient (Wildman–Crippen LogP) is 2.25. The molecular weight excluding hydrogens is 314 g/mol. The van der Waals surface area contributed by atoms with Crippen molar-refractivity contribution in [2.24, 2.45) is 11.3 Å². The monoisotopic (exact) mass is 335 g/mol. The second-order valence-corrected chi connectivity index (χ2v) is 7.04. The Bertz CT molecular complexity index is 778. The highest BCUT2D eigenvalue weighted by Crippen LogP contribution is 2.58. The molecule has 0 unspecified atom stereocenters. The van der Waals surface area contributed by atoms with Crippen LogP contribution in [0.25, 0.3) is 0 Å². The summed E-state index contributed by atoms with van der Waals surface area (Å²) in [7, 11) is 0. The standard InChI is InChI=1S/C20H21N3O2/c24-18(22-13-15-6-9-21-10-7-15)17-12-20(17)8-11-23(14-20)19(25)16-4-2-1-3-5-16/h1-7,9-10,17H,8,11-14H2,(H,22,24)/t17-,20-/m0/s1. The number of carbonyl (C=O) groups excluding carboxylic acids is 2. The van der Waals surface area contributed by atoms with Crippen LogP contribution in [0.2, 0.25) is 0 Å². The molecule has 1 aliphatic carbocycles. The number of hydrogen-bond acceptors (Lipinski definition) is 3. The second kappa shape index (κ2) is 6.31. The zero-order valence-corrected chi connectivity index (χ0v) is 14.0. The number of amides is 2. The Morgan fingerprint density at radius 2 is 1.92 bits per heavy atom. The van der Waals surface area contributed by atoms with Gasteiger partial charge in [0.15, 0.2) is 0 Å². The lowest BCUT2D eigenvalue weighted by Crippen LogP contribution is -2.31. The molecule has 1 saturated heterocycles. The van der Waals surface area contributed by atoms with Crippen LogP contribution in [0.1, 0.15) is 28.8 Å². The van der Waals surface area contributed by atoms with Gasteiger partial charge in [0, 0.05) is 48.9 Å². The zero-order valence-electron chi connectivity index (χ0n) is 14.0.